The maximum Gasteiger partial charge on any atom is 0.338 e. The summed E-state index contributed by atoms with van der Waals surface area (Å²) in [7, 11) is 0. The lowest BCUT2D eigenvalue weighted by molar-refractivity contribution is 0.0699. The second-order valence-corrected chi connectivity index (χ2v) is 5.10. The minimum absolute atomic E-state index is 0.0142. The Morgan fingerprint density at radius 3 is 2.57 bits per heavy atom. The van der Waals surface area contributed by atoms with Gasteiger partial charge in [0.25, 0.3) is 0 Å². The molecule has 0 fully saturated rings. The van der Waals surface area contributed by atoms with Crippen molar-refractivity contribution in [1.29, 1.82) is 0 Å². The van der Waals surface area contributed by atoms with Gasteiger partial charge in [0.1, 0.15) is 5.52 Å². The minimum atomic E-state index is -0.990. The smallest absolute Gasteiger partial charge is 0.338 e. The quantitative estimate of drug-likeness (QED) is 0.801. The Morgan fingerprint density at radius 1 is 1.19 bits per heavy atom. The van der Waals surface area contributed by atoms with Crippen LogP contribution in [0.15, 0.2) is 42.5 Å². The van der Waals surface area contributed by atoms with Crippen LogP contribution in [-0.4, -0.2) is 26.1 Å². The van der Waals surface area contributed by atoms with E-state index in [-0.39, 0.29) is 11.6 Å². The Bertz CT molecular complexity index is 806. The molecule has 5 heteroatoms. The highest BCUT2D eigenvalue weighted by Gasteiger charge is 2.17. The SMILES string of the molecule is Cc1ccc(C(C)n2nnc3c(C(=O)O)cccc32)cc1. The fraction of sp³-hybridized carbons (Fsp3) is 0.188. The number of aromatic nitrogens is 3. The number of hydrogen-bond acceptors (Lipinski definition) is 3. The van der Waals surface area contributed by atoms with Crippen molar-refractivity contribution in [3.63, 3.8) is 0 Å². The zero-order valence-electron chi connectivity index (χ0n) is 11.8. The Kier molecular flexibility index (Phi) is 3.17. The largest absolute Gasteiger partial charge is 0.478 e. The average Bonchev–Trinajstić information content (AvgIpc) is 2.90. The summed E-state index contributed by atoms with van der Waals surface area (Å²) < 4.78 is 1.76. The first-order valence-electron chi connectivity index (χ1n) is 6.71. The van der Waals surface area contributed by atoms with Crippen LogP contribution in [0.4, 0.5) is 0 Å². The van der Waals surface area contributed by atoms with Crippen LogP contribution in [0.1, 0.15) is 34.5 Å². The molecule has 1 atom stereocenters. The van der Waals surface area contributed by atoms with E-state index in [4.69, 9.17) is 0 Å². The summed E-state index contributed by atoms with van der Waals surface area (Å²) in [6, 6.07) is 13.3. The van der Waals surface area contributed by atoms with E-state index in [1.165, 1.54) is 5.56 Å². The van der Waals surface area contributed by atoms with Gasteiger partial charge in [-0.15, -0.1) is 5.10 Å². The molecule has 2 aromatic carbocycles. The molecule has 3 aromatic rings. The van der Waals surface area contributed by atoms with Crippen LogP contribution >= 0.6 is 0 Å². The second-order valence-electron chi connectivity index (χ2n) is 5.10. The molecule has 21 heavy (non-hydrogen) atoms. The van der Waals surface area contributed by atoms with Gasteiger partial charge in [-0.25, -0.2) is 9.48 Å². The van der Waals surface area contributed by atoms with Crippen LogP contribution in [0.2, 0.25) is 0 Å². The van der Waals surface area contributed by atoms with E-state index in [0.717, 1.165) is 11.1 Å². The van der Waals surface area contributed by atoms with Gasteiger partial charge in [0, 0.05) is 0 Å². The standard InChI is InChI=1S/C16H15N3O2/c1-10-6-8-12(9-7-10)11(2)19-14-5-3-4-13(16(20)21)15(14)17-18-19/h3-9,11H,1-2H3,(H,20,21). The van der Waals surface area contributed by atoms with Crippen molar-refractivity contribution < 1.29 is 9.90 Å². The lowest BCUT2D eigenvalue weighted by Crippen LogP contribution is -2.08. The summed E-state index contributed by atoms with van der Waals surface area (Å²) in [5.41, 5.74) is 3.62. The molecule has 1 heterocycles. The van der Waals surface area contributed by atoms with Gasteiger partial charge >= 0.3 is 5.97 Å². The Balaban J connectivity index is 2.11. The molecule has 3 rings (SSSR count). The third-order valence-corrected chi connectivity index (χ3v) is 3.66. The van der Waals surface area contributed by atoms with E-state index in [1.54, 1.807) is 16.8 Å². The van der Waals surface area contributed by atoms with Gasteiger partial charge < -0.3 is 5.11 Å². The van der Waals surface area contributed by atoms with E-state index in [1.807, 2.05) is 32.0 Å². The molecule has 0 bridgehead atoms. The zero-order chi connectivity index (χ0) is 15.0. The van der Waals surface area contributed by atoms with Crippen LogP contribution in [0.3, 0.4) is 0 Å². The van der Waals surface area contributed by atoms with Crippen molar-refractivity contribution >= 4 is 17.0 Å². The first-order chi connectivity index (χ1) is 10.1. The Morgan fingerprint density at radius 2 is 1.90 bits per heavy atom. The normalized spacial score (nSPS) is 12.5. The summed E-state index contributed by atoms with van der Waals surface area (Å²) >= 11 is 0. The van der Waals surface area contributed by atoms with E-state index < -0.39 is 5.97 Å². The Labute approximate surface area is 121 Å². The molecule has 0 saturated heterocycles. The zero-order valence-corrected chi connectivity index (χ0v) is 11.8. The molecule has 1 aromatic heterocycles. The topological polar surface area (TPSA) is 68.0 Å². The highest BCUT2D eigenvalue weighted by Crippen LogP contribution is 2.23. The maximum absolute atomic E-state index is 11.2. The number of benzene rings is 2. The van der Waals surface area contributed by atoms with E-state index in [2.05, 4.69) is 22.4 Å². The molecule has 5 nitrogen and oxygen atoms in total. The van der Waals surface area contributed by atoms with E-state index >= 15 is 0 Å². The number of carbonyl (C=O) groups is 1. The van der Waals surface area contributed by atoms with Gasteiger partial charge in [-0.3, -0.25) is 0 Å². The predicted molar refractivity (Wildman–Crippen MR) is 79.5 cm³/mol. The first kappa shape index (κ1) is 13.3. The fourth-order valence-corrected chi connectivity index (χ4v) is 2.41. The highest BCUT2D eigenvalue weighted by atomic mass is 16.4. The van der Waals surface area contributed by atoms with Gasteiger partial charge in [-0.05, 0) is 31.5 Å². The molecule has 0 spiro atoms. The number of nitrogens with zero attached hydrogens (tertiary/aromatic N) is 3. The van der Waals surface area contributed by atoms with Crippen LogP contribution in [0, 0.1) is 6.92 Å². The molecule has 0 amide bonds. The molecule has 1 N–H and O–H groups in total. The summed E-state index contributed by atoms with van der Waals surface area (Å²) in [5, 5.41) is 17.4. The third-order valence-electron chi connectivity index (χ3n) is 3.66. The summed E-state index contributed by atoms with van der Waals surface area (Å²) in [5.74, 6) is -0.990. The molecular weight excluding hydrogens is 266 g/mol. The number of carboxylic acid groups (broad SMARTS) is 1. The third kappa shape index (κ3) is 2.27. The molecule has 0 aliphatic rings. The van der Waals surface area contributed by atoms with Gasteiger partial charge in [0.05, 0.1) is 17.1 Å². The van der Waals surface area contributed by atoms with Crippen LogP contribution < -0.4 is 0 Å². The average molecular weight is 281 g/mol. The van der Waals surface area contributed by atoms with Crippen molar-refractivity contribution in [1.82, 2.24) is 15.0 Å². The van der Waals surface area contributed by atoms with Gasteiger partial charge in [-0.2, -0.15) is 0 Å². The molecule has 0 radical (unpaired) electrons. The fourth-order valence-electron chi connectivity index (χ4n) is 2.41. The molecule has 0 saturated carbocycles. The molecule has 0 aliphatic carbocycles. The van der Waals surface area contributed by atoms with E-state index in [9.17, 15) is 9.90 Å². The molecule has 0 aliphatic heterocycles. The maximum atomic E-state index is 11.2. The van der Waals surface area contributed by atoms with Crippen molar-refractivity contribution in [2.75, 3.05) is 0 Å². The second kappa shape index (κ2) is 5.01. The predicted octanol–water partition coefficient (Wildman–Crippen LogP) is 3.05. The lowest BCUT2D eigenvalue weighted by Gasteiger charge is -2.13. The lowest BCUT2D eigenvalue weighted by atomic mass is 10.1. The number of rotatable bonds is 3. The van der Waals surface area contributed by atoms with Crippen molar-refractivity contribution in [3.05, 3.63) is 59.2 Å². The van der Waals surface area contributed by atoms with Crippen molar-refractivity contribution in [3.8, 4) is 0 Å². The van der Waals surface area contributed by atoms with E-state index in [0.29, 0.717) is 5.52 Å². The summed E-state index contributed by atoms with van der Waals surface area (Å²) in [6.07, 6.45) is 0. The van der Waals surface area contributed by atoms with Gasteiger partial charge in [-0.1, -0.05) is 41.1 Å². The molecule has 1 unspecified atom stereocenters. The number of aryl methyl sites for hydroxylation is 1. The molecule has 106 valence electrons. The van der Waals surface area contributed by atoms with Crippen molar-refractivity contribution in [2.45, 2.75) is 19.9 Å². The Hall–Kier alpha value is -2.69. The van der Waals surface area contributed by atoms with Crippen molar-refractivity contribution in [2.24, 2.45) is 0 Å². The van der Waals surface area contributed by atoms with Crippen LogP contribution in [0.25, 0.3) is 11.0 Å². The van der Waals surface area contributed by atoms with Crippen LogP contribution in [-0.2, 0) is 0 Å². The summed E-state index contributed by atoms with van der Waals surface area (Å²) in [4.78, 5) is 11.2. The van der Waals surface area contributed by atoms with Gasteiger partial charge in [0.15, 0.2) is 0 Å². The minimum Gasteiger partial charge on any atom is -0.478 e. The van der Waals surface area contributed by atoms with Crippen LogP contribution in [0.5, 0.6) is 0 Å². The summed E-state index contributed by atoms with van der Waals surface area (Å²) in [6.45, 7) is 4.06. The monoisotopic (exact) mass is 281 g/mol. The number of aromatic carboxylic acids is 1. The number of fused-ring (bicyclic) bond motifs is 1. The highest BCUT2D eigenvalue weighted by molar-refractivity contribution is 6.00. The molecular formula is C16H15N3O2. The number of carboxylic acids is 1. The van der Waals surface area contributed by atoms with Gasteiger partial charge in [0.2, 0.25) is 0 Å². The number of hydrogen-bond donors (Lipinski definition) is 1. The first-order valence-corrected chi connectivity index (χ1v) is 6.71.